The highest BCUT2D eigenvalue weighted by Crippen LogP contribution is 2.18. The lowest BCUT2D eigenvalue weighted by Gasteiger charge is -2.24. The largest absolute Gasteiger partial charge is 0.489 e. The van der Waals surface area contributed by atoms with E-state index in [1.165, 1.54) is 6.26 Å². The second-order valence-corrected chi connectivity index (χ2v) is 7.22. The van der Waals surface area contributed by atoms with Crippen LogP contribution >= 0.6 is 0 Å². The van der Waals surface area contributed by atoms with Gasteiger partial charge in [0.2, 0.25) is 0 Å². The SMILES string of the molecule is C=CCC[C@@H](CN(C)CC)Oc1ccc(S(C)(=O)=O)cc1. The maximum Gasteiger partial charge on any atom is 0.175 e. The number of ether oxygens (including phenoxy) is 1. The van der Waals surface area contributed by atoms with Crippen molar-refractivity contribution in [1.82, 2.24) is 4.90 Å². The fraction of sp³-hybridized carbons (Fsp3) is 0.500. The summed E-state index contributed by atoms with van der Waals surface area (Å²) in [6.45, 7) is 7.64. The Kier molecular flexibility index (Phi) is 6.92. The molecule has 0 unspecified atom stereocenters. The molecule has 0 radical (unpaired) electrons. The molecule has 0 fully saturated rings. The van der Waals surface area contributed by atoms with Crippen molar-refractivity contribution in [1.29, 1.82) is 0 Å². The Balaban J connectivity index is 2.75. The third-order valence-electron chi connectivity index (χ3n) is 3.30. The van der Waals surface area contributed by atoms with Gasteiger partial charge in [-0.3, -0.25) is 0 Å². The van der Waals surface area contributed by atoms with E-state index in [-0.39, 0.29) is 6.10 Å². The number of likely N-dealkylation sites (N-methyl/N-ethyl adjacent to an activating group) is 1. The average molecular weight is 311 g/mol. The molecular formula is C16H25NO3S. The first kappa shape index (κ1) is 17.7. The second-order valence-electron chi connectivity index (χ2n) is 5.20. The van der Waals surface area contributed by atoms with E-state index in [4.69, 9.17) is 4.74 Å². The van der Waals surface area contributed by atoms with E-state index in [9.17, 15) is 8.42 Å². The number of benzene rings is 1. The molecule has 0 aromatic heterocycles. The minimum absolute atomic E-state index is 0.0667. The molecule has 1 atom stereocenters. The summed E-state index contributed by atoms with van der Waals surface area (Å²) in [5.74, 6) is 0.695. The predicted molar refractivity (Wildman–Crippen MR) is 86.6 cm³/mol. The molecule has 1 rings (SSSR count). The zero-order valence-corrected chi connectivity index (χ0v) is 13.9. The molecule has 21 heavy (non-hydrogen) atoms. The van der Waals surface area contributed by atoms with Crippen LogP contribution < -0.4 is 4.74 Å². The van der Waals surface area contributed by atoms with Gasteiger partial charge < -0.3 is 9.64 Å². The summed E-state index contributed by atoms with van der Waals surface area (Å²) in [4.78, 5) is 2.50. The van der Waals surface area contributed by atoms with Crippen LogP contribution in [0.3, 0.4) is 0 Å². The number of allylic oxidation sites excluding steroid dienone is 1. The van der Waals surface area contributed by atoms with Crippen molar-refractivity contribution in [2.24, 2.45) is 0 Å². The van der Waals surface area contributed by atoms with Gasteiger partial charge in [0.1, 0.15) is 11.9 Å². The minimum Gasteiger partial charge on any atom is -0.489 e. The van der Waals surface area contributed by atoms with Gasteiger partial charge >= 0.3 is 0 Å². The number of sulfone groups is 1. The topological polar surface area (TPSA) is 46.6 Å². The van der Waals surface area contributed by atoms with Crippen LogP contribution in [0.4, 0.5) is 0 Å². The molecule has 118 valence electrons. The van der Waals surface area contributed by atoms with Crippen molar-refractivity contribution in [2.75, 3.05) is 26.4 Å². The molecule has 1 aromatic rings. The van der Waals surface area contributed by atoms with Crippen LogP contribution in [0, 0.1) is 0 Å². The van der Waals surface area contributed by atoms with Gasteiger partial charge in [-0.2, -0.15) is 0 Å². The molecule has 0 spiro atoms. The van der Waals surface area contributed by atoms with Gasteiger partial charge in [-0.05, 0) is 50.7 Å². The van der Waals surface area contributed by atoms with Gasteiger partial charge in [-0.1, -0.05) is 13.0 Å². The fourth-order valence-electron chi connectivity index (χ4n) is 1.93. The standard InChI is InChI=1S/C16H25NO3S/c1-5-7-8-15(13-17(3)6-2)20-14-9-11-16(12-10-14)21(4,18)19/h5,9-12,15H,1,6-8,13H2,2-4H3/t15-/m0/s1. The molecule has 0 saturated heterocycles. The summed E-state index contributed by atoms with van der Waals surface area (Å²) in [5, 5.41) is 0. The molecule has 0 N–H and O–H groups in total. The summed E-state index contributed by atoms with van der Waals surface area (Å²) < 4.78 is 28.8. The molecule has 0 aliphatic rings. The first-order valence-electron chi connectivity index (χ1n) is 7.13. The molecule has 0 aliphatic carbocycles. The van der Waals surface area contributed by atoms with Crippen LogP contribution in [0.2, 0.25) is 0 Å². The number of hydrogen-bond donors (Lipinski definition) is 0. The van der Waals surface area contributed by atoms with Gasteiger partial charge in [0.15, 0.2) is 9.84 Å². The first-order valence-corrected chi connectivity index (χ1v) is 9.02. The molecule has 0 saturated carbocycles. The second kappa shape index (κ2) is 8.20. The Labute approximate surface area is 128 Å². The Bertz CT molecular complexity index is 537. The maximum absolute atomic E-state index is 11.4. The minimum atomic E-state index is -3.16. The van der Waals surface area contributed by atoms with Crippen molar-refractivity contribution in [2.45, 2.75) is 30.8 Å². The molecule has 0 amide bonds. The lowest BCUT2D eigenvalue weighted by atomic mass is 10.2. The van der Waals surface area contributed by atoms with Crippen molar-refractivity contribution in [3.63, 3.8) is 0 Å². The highest BCUT2D eigenvalue weighted by molar-refractivity contribution is 7.90. The van der Waals surface area contributed by atoms with Crippen molar-refractivity contribution >= 4 is 9.84 Å². The van der Waals surface area contributed by atoms with Gasteiger partial charge in [0.25, 0.3) is 0 Å². The van der Waals surface area contributed by atoms with Gasteiger partial charge in [-0.25, -0.2) is 8.42 Å². The monoisotopic (exact) mass is 311 g/mol. The van der Waals surface area contributed by atoms with E-state index in [1.54, 1.807) is 24.3 Å². The predicted octanol–water partition coefficient (Wildman–Crippen LogP) is 2.76. The molecule has 0 bridgehead atoms. The Morgan fingerprint density at radius 3 is 2.43 bits per heavy atom. The van der Waals surface area contributed by atoms with Crippen molar-refractivity contribution < 1.29 is 13.2 Å². The zero-order chi connectivity index (χ0) is 15.9. The summed E-state index contributed by atoms with van der Waals surface area (Å²) in [7, 11) is -1.11. The lowest BCUT2D eigenvalue weighted by molar-refractivity contribution is 0.143. The Morgan fingerprint density at radius 1 is 1.33 bits per heavy atom. The lowest BCUT2D eigenvalue weighted by Crippen LogP contribution is -2.32. The van der Waals surface area contributed by atoms with Crippen LogP contribution in [0.15, 0.2) is 41.8 Å². The van der Waals surface area contributed by atoms with Crippen LogP contribution in [-0.2, 0) is 9.84 Å². The highest BCUT2D eigenvalue weighted by Gasteiger charge is 2.13. The van der Waals surface area contributed by atoms with E-state index in [0.29, 0.717) is 10.6 Å². The Morgan fingerprint density at radius 2 is 1.95 bits per heavy atom. The molecule has 0 heterocycles. The molecule has 1 aromatic carbocycles. The third-order valence-corrected chi connectivity index (χ3v) is 4.43. The fourth-order valence-corrected chi connectivity index (χ4v) is 2.56. The van der Waals surface area contributed by atoms with E-state index >= 15 is 0 Å². The first-order chi connectivity index (χ1) is 9.86. The quantitative estimate of drug-likeness (QED) is 0.658. The van der Waals surface area contributed by atoms with E-state index < -0.39 is 9.84 Å². The normalized spacial score (nSPS) is 13.1. The number of nitrogens with zero attached hydrogens (tertiary/aromatic N) is 1. The van der Waals surface area contributed by atoms with Gasteiger partial charge in [-0.15, -0.1) is 6.58 Å². The van der Waals surface area contributed by atoms with Crippen LogP contribution in [-0.4, -0.2) is 45.8 Å². The zero-order valence-electron chi connectivity index (χ0n) is 13.1. The van der Waals surface area contributed by atoms with Gasteiger partial charge in [0.05, 0.1) is 4.90 Å². The molecule has 0 aliphatic heterocycles. The highest BCUT2D eigenvalue weighted by atomic mass is 32.2. The summed E-state index contributed by atoms with van der Waals surface area (Å²) in [6, 6.07) is 6.59. The molecular weight excluding hydrogens is 286 g/mol. The van der Waals surface area contributed by atoms with Gasteiger partial charge in [0, 0.05) is 12.8 Å². The average Bonchev–Trinajstić information content (AvgIpc) is 2.44. The smallest absolute Gasteiger partial charge is 0.175 e. The summed E-state index contributed by atoms with van der Waals surface area (Å²) in [6.07, 6.45) is 4.93. The summed E-state index contributed by atoms with van der Waals surface area (Å²) in [5.41, 5.74) is 0. The number of hydrogen-bond acceptors (Lipinski definition) is 4. The van der Waals surface area contributed by atoms with Crippen molar-refractivity contribution in [3.8, 4) is 5.75 Å². The van der Waals surface area contributed by atoms with E-state index in [0.717, 1.165) is 25.9 Å². The van der Waals surface area contributed by atoms with Crippen molar-refractivity contribution in [3.05, 3.63) is 36.9 Å². The maximum atomic E-state index is 11.4. The number of rotatable bonds is 9. The van der Waals surface area contributed by atoms with Crippen LogP contribution in [0.1, 0.15) is 19.8 Å². The Hall–Kier alpha value is -1.33. The van der Waals surface area contributed by atoms with E-state index in [1.807, 2.05) is 6.08 Å². The summed E-state index contributed by atoms with van der Waals surface area (Å²) >= 11 is 0. The molecule has 4 nitrogen and oxygen atoms in total. The molecule has 5 heteroatoms. The third kappa shape index (κ3) is 6.31. The van der Waals surface area contributed by atoms with Crippen LogP contribution in [0.25, 0.3) is 0 Å². The van der Waals surface area contributed by atoms with Crippen LogP contribution in [0.5, 0.6) is 5.75 Å². The van der Waals surface area contributed by atoms with E-state index in [2.05, 4.69) is 25.5 Å².